The topological polar surface area (TPSA) is 149 Å². The van der Waals surface area contributed by atoms with E-state index in [0.717, 1.165) is 13.1 Å². The fourth-order valence-corrected chi connectivity index (χ4v) is 2.40. The molecule has 9 nitrogen and oxygen atoms in total. The highest BCUT2D eigenvalue weighted by atomic mass is 35.5. The molecule has 1 heterocycles. The number of rotatable bonds is 7. The third-order valence-electron chi connectivity index (χ3n) is 3.39. The van der Waals surface area contributed by atoms with Crippen molar-refractivity contribution in [3.05, 3.63) is 46.7 Å². The average Bonchev–Trinajstić information content (AvgIpc) is 2.57. The number of aliphatic imine (C=N–C) groups is 1. The maximum absolute atomic E-state index is 11.8. The zero-order chi connectivity index (χ0) is 19.1. The molecule has 0 bridgehead atoms. The summed E-state index contributed by atoms with van der Waals surface area (Å²) in [6, 6.07) is 10.1. The molecule has 7 N–H and O–H groups in total. The lowest BCUT2D eigenvalue weighted by Crippen LogP contribution is -2.26. The van der Waals surface area contributed by atoms with E-state index in [-0.39, 0.29) is 16.7 Å². The SMILES string of the molecule is CN(CCNc1nc(N)c(C(=O)N=C(N)N)nc1Cl)Cc1ccccc1. The molecule has 10 heteroatoms. The van der Waals surface area contributed by atoms with E-state index in [1.54, 1.807) is 0 Å². The Morgan fingerprint density at radius 2 is 1.96 bits per heavy atom. The third kappa shape index (κ3) is 5.57. The van der Waals surface area contributed by atoms with E-state index in [0.29, 0.717) is 12.4 Å². The van der Waals surface area contributed by atoms with Crippen LogP contribution in [0.2, 0.25) is 5.15 Å². The highest BCUT2D eigenvalue weighted by Gasteiger charge is 2.16. The number of likely N-dealkylation sites (N-methyl/N-ethyl adjacent to an activating group) is 1. The van der Waals surface area contributed by atoms with Gasteiger partial charge in [0.05, 0.1) is 0 Å². The van der Waals surface area contributed by atoms with Gasteiger partial charge in [-0.1, -0.05) is 41.9 Å². The van der Waals surface area contributed by atoms with Gasteiger partial charge in [-0.15, -0.1) is 0 Å². The normalized spacial score (nSPS) is 10.6. The van der Waals surface area contributed by atoms with E-state index < -0.39 is 11.9 Å². The van der Waals surface area contributed by atoms with Crippen molar-refractivity contribution >= 4 is 35.1 Å². The highest BCUT2D eigenvalue weighted by Crippen LogP contribution is 2.20. The molecule has 0 saturated heterocycles. The first kappa shape index (κ1) is 19.4. The van der Waals surface area contributed by atoms with E-state index in [9.17, 15) is 4.79 Å². The first-order valence-electron chi connectivity index (χ1n) is 7.80. The lowest BCUT2D eigenvalue weighted by molar-refractivity contribution is 0.0998. The van der Waals surface area contributed by atoms with Crippen molar-refractivity contribution in [2.24, 2.45) is 16.5 Å². The zero-order valence-electron chi connectivity index (χ0n) is 14.3. The van der Waals surface area contributed by atoms with Gasteiger partial charge in [-0.2, -0.15) is 4.99 Å². The van der Waals surface area contributed by atoms with E-state index >= 15 is 0 Å². The molecule has 0 unspecified atom stereocenters. The number of hydrogen-bond acceptors (Lipinski definition) is 6. The molecule has 26 heavy (non-hydrogen) atoms. The lowest BCUT2D eigenvalue weighted by Gasteiger charge is -2.17. The summed E-state index contributed by atoms with van der Waals surface area (Å²) in [7, 11) is 2.01. The van der Waals surface area contributed by atoms with E-state index in [1.165, 1.54) is 5.56 Å². The molecule has 0 aliphatic heterocycles. The number of aromatic nitrogens is 2. The summed E-state index contributed by atoms with van der Waals surface area (Å²) < 4.78 is 0. The van der Waals surface area contributed by atoms with Crippen LogP contribution < -0.4 is 22.5 Å². The second kappa shape index (κ2) is 8.97. The van der Waals surface area contributed by atoms with Crippen molar-refractivity contribution in [3.8, 4) is 0 Å². The minimum Gasteiger partial charge on any atom is -0.382 e. The summed E-state index contributed by atoms with van der Waals surface area (Å²) in [6.07, 6.45) is 0. The summed E-state index contributed by atoms with van der Waals surface area (Å²) in [6.45, 7) is 2.12. The van der Waals surface area contributed by atoms with Crippen molar-refractivity contribution < 1.29 is 4.79 Å². The smallest absolute Gasteiger partial charge is 0.302 e. The van der Waals surface area contributed by atoms with Gasteiger partial charge in [-0.3, -0.25) is 4.79 Å². The largest absolute Gasteiger partial charge is 0.382 e. The molecule has 1 amide bonds. The maximum atomic E-state index is 11.8. The average molecular weight is 377 g/mol. The number of carbonyl (C=O) groups is 1. The van der Waals surface area contributed by atoms with Crippen molar-refractivity contribution in [2.45, 2.75) is 6.54 Å². The molecule has 2 rings (SSSR count). The number of guanidine groups is 1. The molecule has 0 atom stereocenters. The number of amides is 1. The Kier molecular flexibility index (Phi) is 6.70. The summed E-state index contributed by atoms with van der Waals surface area (Å²) in [5.74, 6) is -1.01. The second-order valence-electron chi connectivity index (χ2n) is 5.59. The minimum absolute atomic E-state index is 0.0130. The summed E-state index contributed by atoms with van der Waals surface area (Å²) in [4.78, 5) is 25.3. The Hall–Kier alpha value is -2.91. The van der Waals surface area contributed by atoms with Crippen molar-refractivity contribution in [1.82, 2.24) is 14.9 Å². The van der Waals surface area contributed by atoms with Gasteiger partial charge in [0.2, 0.25) is 0 Å². The van der Waals surface area contributed by atoms with Crippen LogP contribution in [0.3, 0.4) is 0 Å². The first-order chi connectivity index (χ1) is 12.4. The zero-order valence-corrected chi connectivity index (χ0v) is 15.1. The Bertz CT molecular complexity index is 792. The fraction of sp³-hybridized carbons (Fsp3) is 0.250. The van der Waals surface area contributed by atoms with Gasteiger partial charge in [0.15, 0.2) is 28.4 Å². The molecular weight excluding hydrogens is 356 g/mol. The fourth-order valence-electron chi connectivity index (χ4n) is 2.21. The number of carbonyl (C=O) groups excluding carboxylic acids is 1. The van der Waals surface area contributed by atoms with Crippen LogP contribution in [0.4, 0.5) is 11.6 Å². The highest BCUT2D eigenvalue weighted by molar-refractivity contribution is 6.32. The molecule has 0 radical (unpaired) electrons. The third-order valence-corrected chi connectivity index (χ3v) is 3.66. The summed E-state index contributed by atoms with van der Waals surface area (Å²) >= 11 is 6.06. The van der Waals surface area contributed by atoms with E-state index in [1.807, 2.05) is 25.2 Å². The monoisotopic (exact) mass is 376 g/mol. The van der Waals surface area contributed by atoms with Crippen LogP contribution in [0.25, 0.3) is 0 Å². The van der Waals surface area contributed by atoms with Crippen LogP contribution >= 0.6 is 11.6 Å². The van der Waals surface area contributed by atoms with Crippen LogP contribution in [-0.2, 0) is 6.54 Å². The second-order valence-corrected chi connectivity index (χ2v) is 5.95. The molecule has 1 aromatic carbocycles. The number of halogens is 1. The first-order valence-corrected chi connectivity index (χ1v) is 8.18. The molecular formula is C16H21ClN8O. The molecule has 0 aliphatic carbocycles. The van der Waals surface area contributed by atoms with Crippen molar-refractivity contribution in [1.29, 1.82) is 0 Å². The minimum atomic E-state index is -0.800. The number of nitrogens with zero attached hydrogens (tertiary/aromatic N) is 4. The molecule has 0 spiro atoms. The number of benzene rings is 1. The van der Waals surface area contributed by atoms with Gasteiger partial charge in [0, 0.05) is 19.6 Å². The molecule has 0 fully saturated rings. The number of nitrogens with two attached hydrogens (primary N) is 3. The van der Waals surface area contributed by atoms with Crippen molar-refractivity contribution in [2.75, 3.05) is 31.2 Å². The van der Waals surface area contributed by atoms with Gasteiger partial charge in [-0.25, -0.2) is 9.97 Å². The van der Waals surface area contributed by atoms with E-state index in [2.05, 4.69) is 37.3 Å². The predicted octanol–water partition coefficient (Wildman–Crippen LogP) is 0.670. The number of hydrogen-bond donors (Lipinski definition) is 4. The van der Waals surface area contributed by atoms with Crippen LogP contribution in [0, 0.1) is 0 Å². The van der Waals surface area contributed by atoms with Crippen LogP contribution in [0.15, 0.2) is 35.3 Å². The Morgan fingerprint density at radius 1 is 1.27 bits per heavy atom. The molecule has 2 aromatic rings. The Morgan fingerprint density at radius 3 is 2.62 bits per heavy atom. The predicted molar refractivity (Wildman–Crippen MR) is 103 cm³/mol. The Balaban J connectivity index is 1.94. The molecule has 0 saturated carbocycles. The van der Waals surface area contributed by atoms with Gasteiger partial charge in [0.1, 0.15) is 0 Å². The van der Waals surface area contributed by atoms with Crippen LogP contribution in [0.1, 0.15) is 16.1 Å². The van der Waals surface area contributed by atoms with Gasteiger partial charge < -0.3 is 27.4 Å². The van der Waals surface area contributed by atoms with E-state index in [4.69, 9.17) is 28.8 Å². The summed E-state index contributed by atoms with van der Waals surface area (Å²) in [5, 5.41) is 3.07. The Labute approximate surface area is 156 Å². The van der Waals surface area contributed by atoms with Gasteiger partial charge in [-0.05, 0) is 12.6 Å². The van der Waals surface area contributed by atoms with Gasteiger partial charge >= 0.3 is 5.91 Å². The summed E-state index contributed by atoms with van der Waals surface area (Å²) in [5.41, 5.74) is 17.1. The standard InChI is InChI=1S/C16H21ClN8O/c1-25(9-10-5-3-2-4-6-10)8-7-21-14-12(17)22-11(13(18)23-14)15(26)24-16(19)20/h2-6H,7-9H2,1H3,(H3,18,21,23)(H4,19,20,24,26). The molecule has 138 valence electrons. The number of nitrogen functional groups attached to an aromatic ring is 1. The van der Waals surface area contributed by atoms with Crippen LogP contribution in [0.5, 0.6) is 0 Å². The number of nitrogens with one attached hydrogen (secondary N) is 1. The van der Waals surface area contributed by atoms with Crippen LogP contribution in [-0.4, -0.2) is 46.9 Å². The lowest BCUT2D eigenvalue weighted by atomic mass is 10.2. The maximum Gasteiger partial charge on any atom is 0.302 e. The molecule has 0 aliphatic rings. The van der Waals surface area contributed by atoms with Gasteiger partial charge in [0.25, 0.3) is 0 Å². The quantitative estimate of drug-likeness (QED) is 0.407. The number of anilines is 2. The molecule has 1 aromatic heterocycles. The van der Waals surface area contributed by atoms with Crippen molar-refractivity contribution in [3.63, 3.8) is 0 Å².